The van der Waals surface area contributed by atoms with Crippen LogP contribution < -0.4 is 15.8 Å². The zero-order chi connectivity index (χ0) is 53.4. The number of fused-ring (bicyclic) bond motifs is 1. The summed E-state index contributed by atoms with van der Waals surface area (Å²) in [5.74, 6) is 0. The van der Waals surface area contributed by atoms with Gasteiger partial charge in [-0.3, -0.25) is 0 Å². The first-order valence-electron chi connectivity index (χ1n) is 27.4. The van der Waals surface area contributed by atoms with Crippen molar-refractivity contribution in [1.82, 2.24) is 0 Å². The molecular weight excluding hydrogens is 903 g/mol. The largest absolute Gasteiger partial charge is 0.362 e. The van der Waals surface area contributed by atoms with Crippen molar-refractivity contribution in [3.63, 3.8) is 0 Å². The highest BCUT2D eigenvalue weighted by Gasteiger charge is 2.23. The van der Waals surface area contributed by atoms with Crippen molar-refractivity contribution >= 4 is 39.8 Å². The highest BCUT2D eigenvalue weighted by Crippen LogP contribution is 2.36. The maximum Gasteiger partial charge on any atom is 0.0382 e. The smallest absolute Gasteiger partial charge is 0.0382 e. The Bertz CT molecular complexity index is 3290. The van der Waals surface area contributed by atoms with Crippen LogP contribution >= 0.6 is 0 Å². The van der Waals surface area contributed by atoms with Gasteiger partial charge in [-0.1, -0.05) is 262 Å². The third-order valence-electron chi connectivity index (χ3n) is 14.4. The fourth-order valence-electron chi connectivity index (χ4n) is 9.55. The molecule has 6 aromatic carbocycles. The topological polar surface area (TPSA) is 12.0 Å². The number of benzene rings is 6. The van der Waals surface area contributed by atoms with Crippen molar-refractivity contribution in [3.05, 3.63) is 303 Å². The molecule has 0 aromatic heterocycles. The Balaban J connectivity index is 0.000000318. The molecule has 1 heteroatoms. The van der Waals surface area contributed by atoms with Crippen LogP contribution in [-0.4, -0.2) is 0 Å². The number of allylic oxidation sites excluding steroid dienone is 19. The molecule has 382 valence electrons. The molecule has 1 N–H and O–H groups in total. The molecule has 0 bridgehead atoms. The van der Waals surface area contributed by atoms with Gasteiger partial charge < -0.3 is 5.32 Å². The summed E-state index contributed by atoms with van der Waals surface area (Å²) >= 11 is 0. The highest BCUT2D eigenvalue weighted by molar-refractivity contribution is 5.86. The monoisotopic (exact) mass is 984 g/mol. The molecule has 7 rings (SSSR count). The van der Waals surface area contributed by atoms with Crippen LogP contribution in [0.4, 0.5) is 5.69 Å². The van der Waals surface area contributed by atoms with E-state index in [1.54, 1.807) is 0 Å². The molecule has 0 radical (unpaired) electrons. The number of rotatable bonds is 18. The molecule has 6 aromatic rings. The first kappa shape index (κ1) is 56.6. The van der Waals surface area contributed by atoms with Crippen LogP contribution in [-0.2, 0) is 31.1 Å². The third-order valence-corrected chi connectivity index (χ3v) is 14.4. The highest BCUT2D eigenvalue weighted by atomic mass is 14.8. The van der Waals surface area contributed by atoms with Crippen molar-refractivity contribution in [3.8, 4) is 0 Å². The summed E-state index contributed by atoms with van der Waals surface area (Å²) in [7, 11) is 0. The maximum absolute atomic E-state index is 4.70. The van der Waals surface area contributed by atoms with Gasteiger partial charge in [-0.2, -0.15) is 0 Å². The number of anilines is 1. The summed E-state index contributed by atoms with van der Waals surface area (Å²) in [5.41, 5.74) is 17.3. The molecule has 0 amide bonds. The van der Waals surface area contributed by atoms with Gasteiger partial charge in [0, 0.05) is 17.3 Å². The molecule has 1 nitrogen and oxygen atoms in total. The normalized spacial score (nSPS) is 18.2. The minimum absolute atomic E-state index is 0.213. The molecule has 75 heavy (non-hydrogen) atoms. The minimum Gasteiger partial charge on any atom is -0.362 e. The summed E-state index contributed by atoms with van der Waals surface area (Å²) in [6.07, 6.45) is 42.0. The van der Waals surface area contributed by atoms with E-state index in [1.807, 2.05) is 12.3 Å². The lowest BCUT2D eigenvalue weighted by molar-refractivity contribution is 0.606. The fourth-order valence-corrected chi connectivity index (χ4v) is 9.55. The summed E-state index contributed by atoms with van der Waals surface area (Å²) < 4.78 is 0. The maximum atomic E-state index is 4.70. The van der Waals surface area contributed by atoms with Gasteiger partial charge in [-0.15, -0.1) is 0 Å². The van der Waals surface area contributed by atoms with E-state index in [4.69, 9.17) is 6.58 Å². The fraction of sp³-hybridized carbons (Fsp3) is 0.216. The Hall–Kier alpha value is -7.74. The number of hydrogen-bond acceptors (Lipinski definition) is 1. The van der Waals surface area contributed by atoms with Gasteiger partial charge in [-0.05, 0) is 170 Å². The van der Waals surface area contributed by atoms with E-state index >= 15 is 0 Å². The van der Waals surface area contributed by atoms with Crippen LogP contribution in [0.1, 0.15) is 114 Å². The molecule has 0 heterocycles. The molecule has 1 aliphatic carbocycles. The summed E-state index contributed by atoms with van der Waals surface area (Å²) in [4.78, 5) is 0. The average Bonchev–Trinajstić information content (AvgIpc) is 3.46. The van der Waals surface area contributed by atoms with Crippen LogP contribution in [0.5, 0.6) is 0 Å². The lowest BCUT2D eigenvalue weighted by Crippen LogP contribution is -2.23. The van der Waals surface area contributed by atoms with Gasteiger partial charge in [0.25, 0.3) is 0 Å². The molecule has 0 fully saturated rings. The van der Waals surface area contributed by atoms with Gasteiger partial charge in [0.1, 0.15) is 0 Å². The van der Waals surface area contributed by atoms with E-state index in [9.17, 15) is 0 Å². The second-order valence-corrected chi connectivity index (χ2v) is 19.3. The van der Waals surface area contributed by atoms with Crippen molar-refractivity contribution in [2.24, 2.45) is 0 Å². The predicted molar refractivity (Wildman–Crippen MR) is 333 cm³/mol. The molecule has 1 aliphatic rings. The average molecular weight is 984 g/mol. The first-order chi connectivity index (χ1) is 36.6. The summed E-state index contributed by atoms with van der Waals surface area (Å²) in [5, 5.41) is 8.24. The molecule has 0 aliphatic heterocycles. The quantitative estimate of drug-likeness (QED) is 0.0846. The van der Waals surface area contributed by atoms with E-state index in [1.165, 1.54) is 60.9 Å². The summed E-state index contributed by atoms with van der Waals surface area (Å²) in [6, 6.07) is 48.4. The van der Waals surface area contributed by atoms with Gasteiger partial charge in [0.05, 0.1) is 0 Å². The van der Waals surface area contributed by atoms with Crippen LogP contribution in [0, 0.1) is 0 Å². The number of hydrogen-bond donors (Lipinski definition) is 1. The number of aryl methyl sites for hydroxylation is 4. The standard InChI is InChI=1S/C51H52.C23H29N/c1-7-40-28-30-43(31-29-40)39(5)50-34-36-51(6,49-33-32-45-24-17-19-26-47(45)38-49)35-20-12-15-27-48(50)37-46-25-18-16-23-44(46)22-14-11-13-21-42(10-4)41(8-2)9-3;1-5-18-9-11-22(12-10-18)20(7-3)15-16-24-23-14-13-19(6-2)21(8-4)17-23/h8,11-34,36-38H,2,5,7,9-10,35H2,1,3-4,6H3;7,9-17,24H,5-6,8H2,1-4H3/b14-11+,20-12+,21-13-,27-15-,36-34-,42-41+,44-22-,46-37-,50-48+;16-15+,20-7+. The Morgan fingerprint density at radius 3 is 1.93 bits per heavy atom. The molecule has 1 atom stereocenters. The minimum atomic E-state index is -0.213. The van der Waals surface area contributed by atoms with Crippen LogP contribution in [0.3, 0.4) is 0 Å². The van der Waals surface area contributed by atoms with Crippen molar-refractivity contribution in [1.29, 1.82) is 0 Å². The lowest BCUT2D eigenvalue weighted by atomic mass is 9.77. The van der Waals surface area contributed by atoms with Crippen molar-refractivity contribution in [2.75, 3.05) is 5.32 Å². The Kier molecular flexibility index (Phi) is 22.0. The molecule has 0 spiro atoms. The molecule has 0 saturated carbocycles. The second-order valence-electron chi connectivity index (χ2n) is 19.3. The summed E-state index contributed by atoms with van der Waals surface area (Å²) in [6.45, 7) is 26.3. The van der Waals surface area contributed by atoms with Crippen LogP contribution in [0.25, 0.3) is 34.1 Å². The Morgan fingerprint density at radius 2 is 1.28 bits per heavy atom. The third kappa shape index (κ3) is 15.9. The van der Waals surface area contributed by atoms with E-state index in [-0.39, 0.29) is 5.41 Å². The van der Waals surface area contributed by atoms with Gasteiger partial charge in [-0.25, -0.2) is 0 Å². The molecule has 0 saturated heterocycles. The number of nitrogens with one attached hydrogen (secondary N) is 1. The van der Waals surface area contributed by atoms with E-state index < -0.39 is 0 Å². The van der Waals surface area contributed by atoms with Gasteiger partial charge in [0.2, 0.25) is 0 Å². The zero-order valence-electron chi connectivity index (χ0n) is 46.3. The SMILES string of the molecule is C/C=C(\C=C\Nc1ccc(CC)c(CC)c1)c1ccc(CC)cc1.C=C/C(CC)=C(\C=C/C=C/C=c1/cccc/c1=C/C1=C(C(=C)c2ccc(CC)cc2)\C=C/C(C)(c2ccc3ccccc3c2)C/C=C/C=C\1)CC. The molecule has 1 unspecified atom stereocenters. The van der Waals surface area contributed by atoms with E-state index in [0.717, 1.165) is 83.4 Å². The van der Waals surface area contributed by atoms with Gasteiger partial charge >= 0.3 is 0 Å². The second kappa shape index (κ2) is 29.2. The van der Waals surface area contributed by atoms with Crippen molar-refractivity contribution < 1.29 is 0 Å². The van der Waals surface area contributed by atoms with Crippen LogP contribution in [0.15, 0.2) is 254 Å². The van der Waals surface area contributed by atoms with E-state index in [2.05, 4.69) is 286 Å². The Morgan fingerprint density at radius 1 is 0.613 bits per heavy atom. The van der Waals surface area contributed by atoms with Crippen LogP contribution in [0.2, 0.25) is 0 Å². The van der Waals surface area contributed by atoms with Gasteiger partial charge in [0.15, 0.2) is 0 Å². The lowest BCUT2D eigenvalue weighted by Gasteiger charge is -2.27. The van der Waals surface area contributed by atoms with E-state index in [0.29, 0.717) is 0 Å². The predicted octanol–water partition coefficient (Wildman–Crippen LogP) is 18.8. The molecular formula is C74H81N. The Labute approximate surface area is 452 Å². The zero-order valence-corrected chi connectivity index (χ0v) is 46.3. The van der Waals surface area contributed by atoms with Crippen molar-refractivity contribution in [2.45, 2.75) is 106 Å². The first-order valence-corrected chi connectivity index (χ1v) is 27.4.